The van der Waals surface area contributed by atoms with Gasteiger partial charge in [-0.2, -0.15) is 0 Å². The maximum atomic E-state index is 14.2. The van der Waals surface area contributed by atoms with E-state index in [1.807, 2.05) is 42.5 Å². The maximum absolute atomic E-state index is 14.2. The Kier molecular flexibility index (Phi) is 6.35. The van der Waals surface area contributed by atoms with Crippen LogP contribution >= 0.6 is 15.9 Å². The fraction of sp³-hybridized carbons (Fsp3) is 0.433. The molecule has 0 aromatic heterocycles. The van der Waals surface area contributed by atoms with Gasteiger partial charge >= 0.3 is 0 Å². The Morgan fingerprint density at radius 2 is 1.77 bits per heavy atom. The van der Waals surface area contributed by atoms with Crippen molar-refractivity contribution in [3.63, 3.8) is 0 Å². The van der Waals surface area contributed by atoms with Gasteiger partial charge in [-0.3, -0.25) is 14.4 Å². The lowest BCUT2D eigenvalue weighted by Crippen LogP contribution is -2.56. The highest BCUT2D eigenvalue weighted by Crippen LogP contribution is 2.55. The summed E-state index contributed by atoms with van der Waals surface area (Å²) in [7, 11) is 0. The Labute approximate surface area is 240 Å². The zero-order valence-corrected chi connectivity index (χ0v) is 23.4. The van der Waals surface area contributed by atoms with E-state index in [2.05, 4.69) is 26.6 Å². The molecule has 3 amide bonds. The third-order valence-electron chi connectivity index (χ3n) is 8.78. The highest BCUT2D eigenvalue weighted by atomic mass is 79.9. The summed E-state index contributed by atoms with van der Waals surface area (Å²) in [5, 5.41) is 6.17. The average Bonchev–Trinajstić information content (AvgIpc) is 3.71. The van der Waals surface area contributed by atoms with Gasteiger partial charge in [-0.05, 0) is 54.8 Å². The molecule has 5 aliphatic rings. The van der Waals surface area contributed by atoms with Crippen LogP contribution < -0.4 is 20.1 Å². The van der Waals surface area contributed by atoms with E-state index in [9.17, 15) is 14.4 Å². The van der Waals surface area contributed by atoms with E-state index < -0.39 is 29.6 Å². The predicted octanol–water partition coefficient (Wildman–Crippen LogP) is 3.92. The van der Waals surface area contributed by atoms with Gasteiger partial charge in [0, 0.05) is 22.7 Å². The van der Waals surface area contributed by atoms with E-state index in [4.69, 9.17) is 14.2 Å². The number of likely N-dealkylation sites (tertiary alicyclic amines) is 1. The van der Waals surface area contributed by atoms with E-state index >= 15 is 0 Å². The van der Waals surface area contributed by atoms with E-state index in [-0.39, 0.29) is 37.1 Å². The van der Waals surface area contributed by atoms with Crippen LogP contribution in [-0.2, 0) is 25.7 Å². The van der Waals surface area contributed by atoms with Crippen LogP contribution in [0.15, 0.2) is 59.1 Å². The first-order chi connectivity index (χ1) is 19.4. The van der Waals surface area contributed by atoms with Gasteiger partial charge in [0.25, 0.3) is 0 Å². The molecule has 1 aliphatic carbocycles. The number of nitrogens with one attached hydrogen (secondary N) is 2. The molecule has 0 unspecified atom stereocenters. The van der Waals surface area contributed by atoms with Crippen molar-refractivity contribution < 1.29 is 28.6 Å². The number of carbonyl (C=O) groups is 3. The molecule has 208 valence electrons. The van der Waals surface area contributed by atoms with E-state index in [1.54, 1.807) is 17.0 Å². The Morgan fingerprint density at radius 1 is 1.00 bits per heavy atom. The number of fused-ring (bicyclic) bond motifs is 2. The topological polar surface area (TPSA) is 106 Å². The van der Waals surface area contributed by atoms with Crippen LogP contribution in [0.4, 0.5) is 5.69 Å². The van der Waals surface area contributed by atoms with Gasteiger partial charge in [-0.25, -0.2) is 0 Å². The minimum absolute atomic E-state index is 0.0679. The number of carbonyl (C=O) groups excluding carboxylic acids is 3. The lowest BCUT2D eigenvalue weighted by Gasteiger charge is -2.34. The molecule has 7 rings (SSSR count). The quantitative estimate of drug-likeness (QED) is 0.482. The lowest BCUT2D eigenvalue weighted by molar-refractivity contribution is -0.142. The lowest BCUT2D eigenvalue weighted by atomic mass is 9.74. The molecule has 4 heterocycles. The first kappa shape index (κ1) is 25.6. The minimum Gasteiger partial charge on any atom is -0.454 e. The molecule has 4 aliphatic heterocycles. The first-order valence-electron chi connectivity index (χ1n) is 13.9. The van der Waals surface area contributed by atoms with Crippen molar-refractivity contribution in [2.24, 2.45) is 11.8 Å². The van der Waals surface area contributed by atoms with Gasteiger partial charge in [0.1, 0.15) is 11.6 Å². The molecule has 2 N–H and O–H groups in total. The number of ether oxygens (including phenoxy) is 3. The fourth-order valence-corrected chi connectivity index (χ4v) is 7.22. The van der Waals surface area contributed by atoms with Crippen LogP contribution in [0.2, 0.25) is 0 Å². The normalized spacial score (nSPS) is 30.0. The van der Waals surface area contributed by atoms with Crippen LogP contribution in [0.3, 0.4) is 0 Å². The molecular weight excluding hydrogens is 578 g/mol. The predicted molar refractivity (Wildman–Crippen MR) is 148 cm³/mol. The summed E-state index contributed by atoms with van der Waals surface area (Å²) >= 11 is 3.41. The Morgan fingerprint density at radius 3 is 2.58 bits per heavy atom. The molecule has 2 bridgehead atoms. The van der Waals surface area contributed by atoms with Crippen molar-refractivity contribution in [1.82, 2.24) is 10.2 Å². The zero-order valence-electron chi connectivity index (χ0n) is 21.8. The summed E-state index contributed by atoms with van der Waals surface area (Å²) in [4.78, 5) is 43.4. The number of anilines is 1. The summed E-state index contributed by atoms with van der Waals surface area (Å²) in [5.74, 6) is -1.11. The first-order valence-corrected chi connectivity index (χ1v) is 14.7. The number of nitrogens with zero attached hydrogens (tertiary/aromatic N) is 1. The van der Waals surface area contributed by atoms with Crippen molar-refractivity contribution in [3.05, 3.63) is 64.7 Å². The van der Waals surface area contributed by atoms with Crippen LogP contribution in [0.25, 0.3) is 0 Å². The highest BCUT2D eigenvalue weighted by Gasteiger charge is 2.72. The second-order valence-electron chi connectivity index (χ2n) is 11.2. The van der Waals surface area contributed by atoms with Crippen molar-refractivity contribution in [2.45, 2.75) is 62.4 Å². The van der Waals surface area contributed by atoms with E-state index in [0.717, 1.165) is 35.7 Å². The van der Waals surface area contributed by atoms with Gasteiger partial charge in [-0.1, -0.05) is 53.4 Å². The fourth-order valence-electron chi connectivity index (χ4n) is 6.96. The molecule has 5 atom stereocenters. The zero-order chi connectivity index (χ0) is 27.4. The SMILES string of the molecule is O=C(Nc1ccc(Br)cc1)[C@H]1[C@@H]2C=C[C@]3(O2)[C@@H]1C(=O)N(Cc1ccc2c(c1)OCO2)[C@H]3C(=O)NC1CCCCC1. The number of amides is 3. The van der Waals surface area contributed by atoms with Gasteiger partial charge in [0.15, 0.2) is 11.5 Å². The Balaban J connectivity index is 1.21. The van der Waals surface area contributed by atoms with Crippen molar-refractivity contribution in [2.75, 3.05) is 12.1 Å². The van der Waals surface area contributed by atoms with Crippen molar-refractivity contribution in [3.8, 4) is 11.5 Å². The molecule has 40 heavy (non-hydrogen) atoms. The van der Waals surface area contributed by atoms with Crippen LogP contribution in [-0.4, -0.2) is 53.2 Å². The van der Waals surface area contributed by atoms with Crippen molar-refractivity contribution in [1.29, 1.82) is 0 Å². The van der Waals surface area contributed by atoms with Gasteiger partial charge in [0.2, 0.25) is 24.5 Å². The second kappa shape index (κ2) is 9.92. The molecular formula is C30H30BrN3O6. The van der Waals surface area contributed by atoms with Gasteiger partial charge < -0.3 is 29.7 Å². The molecule has 2 aromatic carbocycles. The third kappa shape index (κ3) is 4.19. The molecule has 3 fully saturated rings. The number of benzene rings is 2. The monoisotopic (exact) mass is 607 g/mol. The summed E-state index contributed by atoms with van der Waals surface area (Å²) in [5.41, 5.74) is 0.223. The second-order valence-corrected chi connectivity index (χ2v) is 12.1. The minimum atomic E-state index is -1.21. The van der Waals surface area contributed by atoms with E-state index in [1.165, 1.54) is 6.42 Å². The summed E-state index contributed by atoms with van der Waals surface area (Å²) < 4.78 is 18.3. The van der Waals surface area contributed by atoms with Crippen LogP contribution in [0, 0.1) is 11.8 Å². The molecule has 10 heteroatoms. The van der Waals surface area contributed by atoms with Gasteiger partial charge in [-0.15, -0.1) is 0 Å². The van der Waals surface area contributed by atoms with Crippen molar-refractivity contribution >= 4 is 39.3 Å². The van der Waals surface area contributed by atoms with E-state index in [0.29, 0.717) is 17.2 Å². The Bertz CT molecular complexity index is 1390. The average molecular weight is 608 g/mol. The van der Waals surface area contributed by atoms with Gasteiger partial charge in [0.05, 0.1) is 17.9 Å². The Hall–Kier alpha value is -3.37. The summed E-state index contributed by atoms with van der Waals surface area (Å²) in [6.45, 7) is 0.327. The third-order valence-corrected chi connectivity index (χ3v) is 9.31. The number of halogens is 1. The number of hydrogen-bond donors (Lipinski definition) is 2. The smallest absolute Gasteiger partial charge is 0.246 e. The standard InChI is InChI=1S/C30H30BrN3O6/c31-18-7-9-20(10-8-18)32-27(35)24-22-12-13-30(40-22)25(24)29(37)34(15-17-6-11-21-23(14-17)39-16-38-21)26(30)28(36)33-19-4-2-1-3-5-19/h6-14,19,22,24-26H,1-5,15-16H2,(H,32,35)(H,33,36)/t22-,24-,25-,26-,30-/m0/s1. The van der Waals surface area contributed by atoms with Crippen LogP contribution in [0.5, 0.6) is 11.5 Å². The largest absolute Gasteiger partial charge is 0.454 e. The number of hydrogen-bond acceptors (Lipinski definition) is 6. The summed E-state index contributed by atoms with van der Waals surface area (Å²) in [6.07, 6.45) is 8.24. The maximum Gasteiger partial charge on any atom is 0.246 e. The molecule has 2 aromatic rings. The molecule has 1 spiro atoms. The number of rotatable bonds is 6. The van der Waals surface area contributed by atoms with Crippen LogP contribution in [0.1, 0.15) is 37.7 Å². The molecule has 2 saturated heterocycles. The summed E-state index contributed by atoms with van der Waals surface area (Å²) in [6, 6.07) is 12.0. The molecule has 9 nitrogen and oxygen atoms in total. The molecule has 0 radical (unpaired) electrons. The highest BCUT2D eigenvalue weighted by molar-refractivity contribution is 9.10. The molecule has 1 saturated carbocycles.